The zero-order chi connectivity index (χ0) is 21.1. The summed E-state index contributed by atoms with van der Waals surface area (Å²) in [6.45, 7) is 13.9. The molecule has 0 bridgehead atoms. The van der Waals surface area contributed by atoms with Gasteiger partial charge in [0.05, 0.1) is 0 Å². The number of nitrogens with zero attached hydrogens (tertiary/aromatic N) is 2. The van der Waals surface area contributed by atoms with Crippen molar-refractivity contribution in [3.05, 3.63) is 23.8 Å². The third kappa shape index (κ3) is 5.64. The molecule has 6 heteroatoms. The van der Waals surface area contributed by atoms with Gasteiger partial charge in [0, 0.05) is 37.6 Å². The smallest absolute Gasteiger partial charge is 0.321 e. The van der Waals surface area contributed by atoms with Gasteiger partial charge in [-0.3, -0.25) is 0 Å². The average Bonchev–Trinajstić information content (AvgIpc) is 2.62. The lowest BCUT2D eigenvalue weighted by Gasteiger charge is -2.35. The molecule has 2 aliphatic rings. The number of aryl methyl sites for hydroxylation is 1. The summed E-state index contributed by atoms with van der Waals surface area (Å²) in [5.74, 6) is 2.08. The summed E-state index contributed by atoms with van der Waals surface area (Å²) >= 11 is 0. The lowest BCUT2D eigenvalue weighted by atomic mass is 9.92. The Morgan fingerprint density at radius 1 is 0.793 bits per heavy atom. The second-order valence-corrected chi connectivity index (χ2v) is 9.59. The van der Waals surface area contributed by atoms with Crippen molar-refractivity contribution >= 4 is 23.4 Å². The van der Waals surface area contributed by atoms with E-state index in [0.717, 1.165) is 50.3 Å². The predicted molar refractivity (Wildman–Crippen MR) is 118 cm³/mol. The average molecular weight is 401 g/mol. The van der Waals surface area contributed by atoms with Crippen molar-refractivity contribution in [2.75, 3.05) is 36.8 Å². The molecular formula is C23H36N4O2. The Labute approximate surface area is 175 Å². The highest BCUT2D eigenvalue weighted by Gasteiger charge is 2.27. The number of benzene rings is 1. The second-order valence-electron chi connectivity index (χ2n) is 9.59. The van der Waals surface area contributed by atoms with Crippen molar-refractivity contribution < 1.29 is 9.59 Å². The Bertz CT molecular complexity index is 730. The first-order valence-electron chi connectivity index (χ1n) is 10.9. The highest BCUT2D eigenvalue weighted by atomic mass is 16.2. The molecule has 0 aliphatic carbocycles. The molecule has 160 valence electrons. The molecular weight excluding hydrogens is 364 g/mol. The Morgan fingerprint density at radius 3 is 1.72 bits per heavy atom. The Morgan fingerprint density at radius 2 is 1.24 bits per heavy atom. The fraction of sp³-hybridized carbons (Fsp3) is 0.652. The lowest BCUT2D eigenvalue weighted by molar-refractivity contribution is 0.156. The van der Waals surface area contributed by atoms with Gasteiger partial charge in [0.15, 0.2) is 0 Å². The van der Waals surface area contributed by atoms with Gasteiger partial charge in [-0.25, -0.2) is 9.59 Å². The van der Waals surface area contributed by atoms with Crippen LogP contribution in [0.2, 0.25) is 0 Å². The van der Waals surface area contributed by atoms with E-state index in [-0.39, 0.29) is 12.1 Å². The van der Waals surface area contributed by atoms with Crippen LogP contribution in [0.1, 0.15) is 46.1 Å². The largest absolute Gasteiger partial charge is 0.324 e. The predicted octanol–water partition coefficient (Wildman–Crippen LogP) is 5.01. The topological polar surface area (TPSA) is 64.7 Å². The standard InChI is InChI=1S/C23H36N4O2/c1-15-8-16(2)12-26(11-15)22(28)24-20-7-6-19(5)21(10-20)25-23(29)27-13-17(3)9-18(4)14-27/h6-7,10,15-18H,8-9,11-14H2,1-5H3,(H,24,28)(H,25,29)/t15-,16-,17-,18+/m1/s1. The third-order valence-electron chi connectivity index (χ3n) is 6.04. The van der Waals surface area contributed by atoms with Gasteiger partial charge in [-0.2, -0.15) is 0 Å². The minimum absolute atomic E-state index is 0.0614. The van der Waals surface area contributed by atoms with Gasteiger partial charge in [0.25, 0.3) is 0 Å². The molecule has 0 unspecified atom stereocenters. The number of rotatable bonds is 2. The zero-order valence-electron chi connectivity index (χ0n) is 18.5. The Hall–Kier alpha value is -2.24. The SMILES string of the molecule is Cc1ccc(NC(=O)N2C[C@H](C)C[C@@H](C)C2)cc1NC(=O)N1C[C@H](C)C[C@H](C)C1. The number of amides is 4. The molecule has 6 nitrogen and oxygen atoms in total. The maximum atomic E-state index is 12.8. The fourth-order valence-corrected chi connectivity index (χ4v) is 4.89. The number of hydrogen-bond donors (Lipinski definition) is 2. The van der Waals surface area contributed by atoms with E-state index in [1.165, 1.54) is 0 Å². The quantitative estimate of drug-likeness (QED) is 0.732. The van der Waals surface area contributed by atoms with Crippen LogP contribution in [-0.4, -0.2) is 48.0 Å². The molecule has 1 aromatic rings. The number of anilines is 2. The maximum absolute atomic E-state index is 12.8. The van der Waals surface area contributed by atoms with E-state index in [0.29, 0.717) is 29.4 Å². The number of piperidine rings is 2. The van der Waals surface area contributed by atoms with Gasteiger partial charge in [-0.1, -0.05) is 33.8 Å². The first-order chi connectivity index (χ1) is 13.7. The van der Waals surface area contributed by atoms with Crippen LogP contribution in [0.5, 0.6) is 0 Å². The van der Waals surface area contributed by atoms with Crippen LogP contribution >= 0.6 is 0 Å². The van der Waals surface area contributed by atoms with E-state index in [9.17, 15) is 9.59 Å². The Balaban J connectivity index is 1.65. The molecule has 2 heterocycles. The summed E-state index contributed by atoms with van der Waals surface area (Å²) < 4.78 is 0. The first-order valence-corrected chi connectivity index (χ1v) is 10.9. The molecule has 3 rings (SSSR count). The van der Waals surface area contributed by atoms with Gasteiger partial charge < -0.3 is 20.4 Å². The monoisotopic (exact) mass is 400 g/mol. The van der Waals surface area contributed by atoms with Crippen molar-refractivity contribution in [3.8, 4) is 0 Å². The van der Waals surface area contributed by atoms with Gasteiger partial charge in [0.2, 0.25) is 0 Å². The first kappa shape index (κ1) is 21.5. The summed E-state index contributed by atoms with van der Waals surface area (Å²) in [6.07, 6.45) is 2.33. The number of nitrogens with one attached hydrogen (secondary N) is 2. The van der Waals surface area contributed by atoms with E-state index in [1.54, 1.807) is 0 Å². The number of carbonyl (C=O) groups is 2. The highest BCUT2D eigenvalue weighted by Crippen LogP contribution is 2.25. The molecule has 2 N–H and O–H groups in total. The van der Waals surface area contributed by atoms with E-state index in [4.69, 9.17) is 0 Å². The van der Waals surface area contributed by atoms with Crippen molar-refractivity contribution in [2.45, 2.75) is 47.5 Å². The molecule has 1 aromatic carbocycles. The highest BCUT2D eigenvalue weighted by molar-refractivity contribution is 5.93. The number of hydrogen-bond acceptors (Lipinski definition) is 2. The van der Waals surface area contributed by atoms with Crippen molar-refractivity contribution in [1.82, 2.24) is 9.80 Å². The Kier molecular flexibility index (Phi) is 6.70. The molecule has 4 atom stereocenters. The number of urea groups is 2. The van der Waals surface area contributed by atoms with E-state index in [1.807, 2.05) is 34.9 Å². The summed E-state index contributed by atoms with van der Waals surface area (Å²) in [7, 11) is 0. The molecule has 4 amide bonds. The molecule has 0 spiro atoms. The minimum atomic E-state index is -0.0665. The summed E-state index contributed by atoms with van der Waals surface area (Å²) in [5, 5.41) is 6.06. The lowest BCUT2D eigenvalue weighted by Crippen LogP contribution is -2.45. The molecule has 0 aromatic heterocycles. The van der Waals surface area contributed by atoms with Crippen LogP contribution in [0.15, 0.2) is 18.2 Å². The van der Waals surface area contributed by atoms with E-state index in [2.05, 4.69) is 38.3 Å². The second kappa shape index (κ2) is 9.06. The summed E-state index contributed by atoms with van der Waals surface area (Å²) in [6, 6.07) is 5.56. The third-order valence-corrected chi connectivity index (χ3v) is 6.04. The van der Waals surface area contributed by atoms with Crippen LogP contribution in [0, 0.1) is 30.6 Å². The van der Waals surface area contributed by atoms with Crippen molar-refractivity contribution in [1.29, 1.82) is 0 Å². The molecule has 29 heavy (non-hydrogen) atoms. The minimum Gasteiger partial charge on any atom is -0.324 e. The van der Waals surface area contributed by atoms with Crippen LogP contribution in [-0.2, 0) is 0 Å². The van der Waals surface area contributed by atoms with Crippen LogP contribution in [0.4, 0.5) is 21.0 Å². The van der Waals surface area contributed by atoms with E-state index < -0.39 is 0 Å². The van der Waals surface area contributed by atoms with Gasteiger partial charge >= 0.3 is 12.1 Å². The van der Waals surface area contributed by atoms with Crippen LogP contribution in [0.3, 0.4) is 0 Å². The summed E-state index contributed by atoms with van der Waals surface area (Å²) in [5.41, 5.74) is 2.44. The fourth-order valence-electron chi connectivity index (χ4n) is 4.89. The van der Waals surface area contributed by atoms with E-state index >= 15 is 0 Å². The number of carbonyl (C=O) groups excluding carboxylic acids is 2. The maximum Gasteiger partial charge on any atom is 0.321 e. The normalized spacial score (nSPS) is 27.5. The van der Waals surface area contributed by atoms with Crippen molar-refractivity contribution in [3.63, 3.8) is 0 Å². The van der Waals surface area contributed by atoms with Crippen LogP contribution < -0.4 is 10.6 Å². The number of likely N-dealkylation sites (tertiary alicyclic amines) is 2. The molecule has 2 fully saturated rings. The van der Waals surface area contributed by atoms with Gasteiger partial charge in [-0.05, 0) is 61.1 Å². The molecule has 0 saturated carbocycles. The molecule has 2 aliphatic heterocycles. The molecule has 2 saturated heterocycles. The van der Waals surface area contributed by atoms with Crippen molar-refractivity contribution in [2.24, 2.45) is 23.7 Å². The summed E-state index contributed by atoms with van der Waals surface area (Å²) in [4.78, 5) is 29.3. The zero-order valence-corrected chi connectivity index (χ0v) is 18.5. The van der Waals surface area contributed by atoms with Crippen LogP contribution in [0.25, 0.3) is 0 Å². The van der Waals surface area contributed by atoms with Gasteiger partial charge in [-0.15, -0.1) is 0 Å². The molecule has 0 radical (unpaired) electrons. The van der Waals surface area contributed by atoms with Gasteiger partial charge in [0.1, 0.15) is 0 Å².